The largest absolute Gasteiger partial charge is 0.493 e. The van der Waals surface area contributed by atoms with Gasteiger partial charge in [-0.05, 0) is 18.6 Å². The Morgan fingerprint density at radius 3 is 2.62 bits per heavy atom. The van der Waals surface area contributed by atoms with Crippen molar-refractivity contribution in [1.29, 1.82) is 0 Å². The zero-order valence-corrected chi connectivity index (χ0v) is 15.7. The molecule has 8 heteroatoms. The van der Waals surface area contributed by atoms with E-state index in [9.17, 15) is 4.79 Å². The van der Waals surface area contributed by atoms with Crippen LogP contribution in [0.5, 0.6) is 11.5 Å². The lowest BCUT2D eigenvalue weighted by molar-refractivity contribution is -0.122. The Morgan fingerprint density at radius 1 is 1.29 bits per heavy atom. The number of carbonyl (C=O) groups excluding carboxylic acids is 1. The van der Waals surface area contributed by atoms with Gasteiger partial charge in [-0.1, -0.05) is 56.0 Å². The standard InChI is InChI=1S/C16H21N3O3S2/c1-5-11(22-13-9-7-6-8-12(13)21-4)14(20)17-15-18-19-16(24-15)23-10(2)3/h6-11H,5H2,1-4H3,(H,17,18,20)/t11-/m1/s1. The molecule has 1 N–H and O–H groups in total. The Kier molecular flexibility index (Phi) is 6.86. The van der Waals surface area contributed by atoms with Crippen LogP contribution in [0, 0.1) is 0 Å². The van der Waals surface area contributed by atoms with E-state index in [4.69, 9.17) is 9.47 Å². The molecule has 1 aromatic carbocycles. The number of methoxy groups -OCH3 is 1. The topological polar surface area (TPSA) is 73.3 Å². The van der Waals surface area contributed by atoms with Crippen LogP contribution in [0.1, 0.15) is 27.2 Å². The van der Waals surface area contributed by atoms with Crippen LogP contribution < -0.4 is 14.8 Å². The molecule has 6 nitrogen and oxygen atoms in total. The number of aromatic nitrogens is 2. The summed E-state index contributed by atoms with van der Waals surface area (Å²) < 4.78 is 11.9. The minimum Gasteiger partial charge on any atom is -0.493 e. The first-order valence-corrected chi connectivity index (χ1v) is 9.33. The SMILES string of the molecule is CC[C@@H](Oc1ccccc1OC)C(=O)Nc1nnc(SC(C)C)s1. The van der Waals surface area contributed by atoms with Gasteiger partial charge in [-0.15, -0.1) is 10.2 Å². The summed E-state index contributed by atoms with van der Waals surface area (Å²) in [6.07, 6.45) is -0.109. The quantitative estimate of drug-likeness (QED) is 0.564. The molecular weight excluding hydrogens is 346 g/mol. The van der Waals surface area contributed by atoms with Crippen molar-refractivity contribution in [2.45, 2.75) is 42.9 Å². The van der Waals surface area contributed by atoms with E-state index in [2.05, 4.69) is 29.4 Å². The normalized spacial score (nSPS) is 12.0. The summed E-state index contributed by atoms with van der Waals surface area (Å²) in [5, 5.41) is 11.7. The highest BCUT2D eigenvalue weighted by Gasteiger charge is 2.21. The third-order valence-electron chi connectivity index (χ3n) is 2.97. The van der Waals surface area contributed by atoms with E-state index in [1.807, 2.05) is 19.1 Å². The lowest BCUT2D eigenvalue weighted by Gasteiger charge is -2.18. The molecule has 0 aliphatic rings. The summed E-state index contributed by atoms with van der Waals surface area (Å²) in [4.78, 5) is 12.4. The van der Waals surface area contributed by atoms with Crippen LogP contribution in [0.3, 0.4) is 0 Å². The van der Waals surface area contributed by atoms with E-state index in [0.717, 1.165) is 4.34 Å². The van der Waals surface area contributed by atoms with Crippen molar-refractivity contribution in [2.24, 2.45) is 0 Å². The van der Waals surface area contributed by atoms with Crippen LogP contribution in [0.4, 0.5) is 5.13 Å². The zero-order valence-electron chi connectivity index (χ0n) is 14.1. The molecule has 1 aromatic heterocycles. The molecule has 0 unspecified atom stereocenters. The summed E-state index contributed by atoms with van der Waals surface area (Å²) in [5.74, 6) is 0.881. The number of thioether (sulfide) groups is 1. The molecule has 1 heterocycles. The number of nitrogens with zero attached hydrogens (tertiary/aromatic N) is 2. The predicted molar refractivity (Wildman–Crippen MR) is 97.2 cm³/mol. The van der Waals surface area contributed by atoms with Gasteiger partial charge in [-0.3, -0.25) is 10.1 Å². The van der Waals surface area contributed by atoms with Gasteiger partial charge < -0.3 is 9.47 Å². The lowest BCUT2D eigenvalue weighted by atomic mass is 10.2. The second kappa shape index (κ2) is 8.89. The highest BCUT2D eigenvalue weighted by atomic mass is 32.2. The number of anilines is 1. The molecule has 0 radical (unpaired) electrons. The molecule has 0 aliphatic heterocycles. The van der Waals surface area contributed by atoms with Gasteiger partial charge in [0.2, 0.25) is 5.13 Å². The van der Waals surface area contributed by atoms with Gasteiger partial charge in [0.1, 0.15) is 0 Å². The number of hydrogen-bond acceptors (Lipinski definition) is 7. The molecule has 24 heavy (non-hydrogen) atoms. The molecule has 0 aliphatic carbocycles. The van der Waals surface area contributed by atoms with Crippen molar-refractivity contribution in [2.75, 3.05) is 12.4 Å². The summed E-state index contributed by atoms with van der Waals surface area (Å²) in [6, 6.07) is 7.25. The first kappa shape index (κ1) is 18.5. The van der Waals surface area contributed by atoms with Gasteiger partial charge in [0, 0.05) is 5.25 Å². The van der Waals surface area contributed by atoms with Gasteiger partial charge in [0.15, 0.2) is 21.9 Å². The maximum Gasteiger partial charge on any atom is 0.267 e. The molecule has 130 valence electrons. The second-order valence-corrected chi connectivity index (χ2v) is 8.00. The van der Waals surface area contributed by atoms with E-state index in [1.54, 1.807) is 31.0 Å². The number of para-hydroxylation sites is 2. The van der Waals surface area contributed by atoms with Crippen LogP contribution in [0.2, 0.25) is 0 Å². The summed E-state index contributed by atoms with van der Waals surface area (Å²) in [5.41, 5.74) is 0. The third kappa shape index (κ3) is 5.10. The molecule has 2 aromatic rings. The molecule has 1 atom stereocenters. The highest BCUT2D eigenvalue weighted by molar-refractivity contribution is 8.01. The van der Waals surface area contributed by atoms with E-state index in [-0.39, 0.29) is 5.91 Å². The number of amides is 1. The van der Waals surface area contributed by atoms with Gasteiger partial charge in [-0.25, -0.2) is 0 Å². The lowest BCUT2D eigenvalue weighted by Crippen LogP contribution is -2.32. The second-order valence-electron chi connectivity index (χ2n) is 5.19. The predicted octanol–water partition coefficient (Wildman–Crippen LogP) is 3.84. The van der Waals surface area contributed by atoms with Crippen molar-refractivity contribution < 1.29 is 14.3 Å². The Balaban J connectivity index is 2.02. The van der Waals surface area contributed by atoms with Crippen molar-refractivity contribution in [1.82, 2.24) is 10.2 Å². The molecule has 1 amide bonds. The van der Waals surface area contributed by atoms with E-state index < -0.39 is 6.10 Å². The summed E-state index contributed by atoms with van der Waals surface area (Å²) in [6.45, 7) is 6.05. The van der Waals surface area contributed by atoms with Crippen molar-refractivity contribution >= 4 is 34.1 Å². The number of ether oxygens (including phenoxy) is 2. The monoisotopic (exact) mass is 367 g/mol. The maximum absolute atomic E-state index is 12.4. The number of hydrogen-bond donors (Lipinski definition) is 1. The van der Waals surface area contributed by atoms with Gasteiger partial charge in [-0.2, -0.15) is 0 Å². The minimum atomic E-state index is -0.633. The van der Waals surface area contributed by atoms with Gasteiger partial charge in [0.25, 0.3) is 5.91 Å². The number of benzene rings is 1. The average molecular weight is 367 g/mol. The molecule has 0 bridgehead atoms. The number of carbonyl (C=O) groups is 1. The molecule has 2 rings (SSSR count). The Morgan fingerprint density at radius 2 is 2.00 bits per heavy atom. The fourth-order valence-electron chi connectivity index (χ4n) is 1.89. The van der Waals surface area contributed by atoms with Gasteiger partial charge >= 0.3 is 0 Å². The van der Waals surface area contributed by atoms with Gasteiger partial charge in [0.05, 0.1) is 7.11 Å². The van der Waals surface area contributed by atoms with Crippen LogP contribution in [-0.4, -0.2) is 34.6 Å². The zero-order chi connectivity index (χ0) is 17.5. The Hall–Kier alpha value is -1.80. The first-order chi connectivity index (χ1) is 11.5. The first-order valence-electron chi connectivity index (χ1n) is 7.64. The van der Waals surface area contributed by atoms with E-state index in [1.165, 1.54) is 11.3 Å². The van der Waals surface area contributed by atoms with Crippen molar-refractivity contribution in [3.63, 3.8) is 0 Å². The molecule has 0 spiro atoms. The fourth-order valence-corrected chi connectivity index (χ4v) is 3.87. The molecule has 0 saturated heterocycles. The van der Waals surface area contributed by atoms with Crippen LogP contribution in [-0.2, 0) is 4.79 Å². The van der Waals surface area contributed by atoms with E-state index >= 15 is 0 Å². The maximum atomic E-state index is 12.4. The van der Waals surface area contributed by atoms with Crippen LogP contribution in [0.15, 0.2) is 28.6 Å². The number of rotatable bonds is 8. The summed E-state index contributed by atoms with van der Waals surface area (Å²) in [7, 11) is 1.57. The summed E-state index contributed by atoms with van der Waals surface area (Å²) >= 11 is 2.97. The Labute approximate surface area is 150 Å². The van der Waals surface area contributed by atoms with Crippen LogP contribution >= 0.6 is 23.1 Å². The van der Waals surface area contributed by atoms with E-state index in [0.29, 0.717) is 28.3 Å². The third-order valence-corrected chi connectivity index (χ3v) is 4.90. The van der Waals surface area contributed by atoms with Crippen LogP contribution in [0.25, 0.3) is 0 Å². The molecular formula is C16H21N3O3S2. The van der Waals surface area contributed by atoms with Crippen molar-refractivity contribution in [3.05, 3.63) is 24.3 Å². The number of nitrogens with one attached hydrogen (secondary N) is 1. The highest BCUT2D eigenvalue weighted by Crippen LogP contribution is 2.30. The van der Waals surface area contributed by atoms with Crippen molar-refractivity contribution in [3.8, 4) is 11.5 Å². The fraction of sp³-hybridized carbons (Fsp3) is 0.438. The molecule has 0 fully saturated rings. The molecule has 0 saturated carbocycles. The average Bonchev–Trinajstić information content (AvgIpc) is 2.98. The smallest absolute Gasteiger partial charge is 0.267 e. The minimum absolute atomic E-state index is 0.249. The Bertz CT molecular complexity index is 676.